The molecule has 1 aromatic heterocycles. The van der Waals surface area contributed by atoms with Crippen LogP contribution < -0.4 is 9.64 Å². The molecule has 36 heavy (non-hydrogen) atoms. The van der Waals surface area contributed by atoms with Crippen LogP contribution in [0, 0.1) is 19.3 Å². The molecule has 190 valence electrons. The zero-order chi connectivity index (χ0) is 25.7. The third-order valence-corrected chi connectivity index (χ3v) is 7.11. The molecular formula is C31H38N2O3. The summed E-state index contributed by atoms with van der Waals surface area (Å²) in [5.41, 5.74) is 7.60. The highest BCUT2D eigenvalue weighted by atomic mass is 16.5. The van der Waals surface area contributed by atoms with Gasteiger partial charge in [-0.1, -0.05) is 56.3 Å². The van der Waals surface area contributed by atoms with Crippen molar-refractivity contribution in [3.05, 3.63) is 77.1 Å². The lowest BCUT2D eigenvalue weighted by Gasteiger charge is -2.40. The van der Waals surface area contributed by atoms with Crippen LogP contribution in [0.4, 0.5) is 5.69 Å². The summed E-state index contributed by atoms with van der Waals surface area (Å²) in [7, 11) is 0. The van der Waals surface area contributed by atoms with E-state index < -0.39 is 0 Å². The van der Waals surface area contributed by atoms with Crippen molar-refractivity contribution in [3.63, 3.8) is 0 Å². The molecule has 2 heterocycles. The molecule has 3 aromatic rings. The first kappa shape index (κ1) is 25.7. The minimum Gasteiger partial charge on any atom is -0.489 e. The van der Waals surface area contributed by atoms with E-state index in [-0.39, 0.29) is 12.4 Å². The predicted octanol–water partition coefficient (Wildman–Crippen LogP) is 6.68. The molecule has 0 atom stereocenters. The largest absolute Gasteiger partial charge is 0.489 e. The topological polar surface area (TPSA) is 51.7 Å². The molecule has 0 N–H and O–H groups in total. The number of aromatic nitrogens is 1. The first-order valence-corrected chi connectivity index (χ1v) is 12.9. The van der Waals surface area contributed by atoms with E-state index in [9.17, 15) is 4.79 Å². The molecule has 4 rings (SSSR count). The molecule has 5 nitrogen and oxygen atoms in total. The van der Waals surface area contributed by atoms with Crippen LogP contribution in [0.2, 0.25) is 0 Å². The number of hydrogen-bond donors (Lipinski definition) is 0. The van der Waals surface area contributed by atoms with E-state index in [0.29, 0.717) is 18.6 Å². The number of pyridine rings is 1. The van der Waals surface area contributed by atoms with E-state index in [1.807, 2.05) is 44.2 Å². The Bertz CT molecular complexity index is 1180. The van der Waals surface area contributed by atoms with Crippen LogP contribution in [-0.4, -0.2) is 30.6 Å². The van der Waals surface area contributed by atoms with Gasteiger partial charge in [-0.15, -0.1) is 0 Å². The van der Waals surface area contributed by atoms with Crippen LogP contribution in [0.1, 0.15) is 56.1 Å². The van der Waals surface area contributed by atoms with Gasteiger partial charge in [0.05, 0.1) is 18.7 Å². The quantitative estimate of drug-likeness (QED) is 0.333. The molecule has 0 bridgehead atoms. The molecule has 2 aromatic carbocycles. The van der Waals surface area contributed by atoms with Crippen molar-refractivity contribution in [3.8, 4) is 16.9 Å². The third-order valence-electron chi connectivity index (χ3n) is 7.11. The third kappa shape index (κ3) is 6.07. The van der Waals surface area contributed by atoms with Crippen LogP contribution in [0.15, 0.2) is 54.6 Å². The van der Waals surface area contributed by atoms with Crippen LogP contribution >= 0.6 is 0 Å². The van der Waals surface area contributed by atoms with E-state index >= 15 is 0 Å². The molecule has 0 spiro atoms. The Morgan fingerprint density at radius 1 is 0.972 bits per heavy atom. The van der Waals surface area contributed by atoms with Crippen molar-refractivity contribution in [2.24, 2.45) is 5.41 Å². The summed E-state index contributed by atoms with van der Waals surface area (Å²) in [6.45, 7) is 13.4. The number of ether oxygens (including phenoxy) is 2. The van der Waals surface area contributed by atoms with Crippen molar-refractivity contribution in [2.45, 2.75) is 60.5 Å². The number of nitrogens with zero attached hydrogens (tertiary/aromatic N) is 2. The van der Waals surface area contributed by atoms with Gasteiger partial charge < -0.3 is 14.4 Å². The molecule has 0 aliphatic carbocycles. The number of anilines is 1. The minimum atomic E-state index is -0.208. The van der Waals surface area contributed by atoms with Gasteiger partial charge in [-0.2, -0.15) is 0 Å². The fourth-order valence-corrected chi connectivity index (χ4v) is 4.93. The smallest absolute Gasteiger partial charge is 0.310 e. The van der Waals surface area contributed by atoms with E-state index in [4.69, 9.17) is 14.5 Å². The van der Waals surface area contributed by atoms with E-state index in [1.165, 1.54) is 0 Å². The normalized spacial score (nSPS) is 15.0. The average molecular weight is 487 g/mol. The Morgan fingerprint density at radius 2 is 1.64 bits per heavy atom. The molecule has 5 heteroatoms. The fraction of sp³-hybridized carbons (Fsp3) is 0.419. The maximum Gasteiger partial charge on any atom is 0.310 e. The van der Waals surface area contributed by atoms with Gasteiger partial charge in [0.1, 0.15) is 12.4 Å². The zero-order valence-corrected chi connectivity index (χ0v) is 22.3. The van der Waals surface area contributed by atoms with E-state index in [1.54, 1.807) is 0 Å². The van der Waals surface area contributed by atoms with Crippen LogP contribution in [0.5, 0.6) is 5.75 Å². The number of hydrogen-bond acceptors (Lipinski definition) is 5. The summed E-state index contributed by atoms with van der Waals surface area (Å²) >= 11 is 0. The van der Waals surface area contributed by atoms with Gasteiger partial charge >= 0.3 is 5.97 Å². The second kappa shape index (κ2) is 11.2. The van der Waals surface area contributed by atoms with Gasteiger partial charge in [-0.05, 0) is 62.3 Å². The second-order valence-electron chi connectivity index (χ2n) is 10.4. The van der Waals surface area contributed by atoms with E-state index in [2.05, 4.69) is 49.9 Å². The number of rotatable bonds is 8. The molecule has 0 radical (unpaired) electrons. The molecule has 0 amide bonds. The lowest BCUT2D eigenvalue weighted by Crippen LogP contribution is -2.38. The number of esters is 1. The standard InChI is InChI=1S/C31H38N2O3/c1-6-35-28(34)20-27-22(2)32-23(3)29(30(27)33-18-16-31(4,5)17-19-33)25-12-14-26(15-13-25)36-21-24-10-8-7-9-11-24/h7-15H,6,16-21H2,1-5H3. The Labute approximate surface area is 215 Å². The summed E-state index contributed by atoms with van der Waals surface area (Å²) in [6.07, 6.45) is 2.45. The van der Waals surface area contributed by atoms with Crippen LogP contribution in [0.3, 0.4) is 0 Å². The number of benzene rings is 2. The van der Waals surface area contributed by atoms with Crippen molar-refractivity contribution in [1.29, 1.82) is 0 Å². The lowest BCUT2D eigenvalue weighted by molar-refractivity contribution is -0.142. The van der Waals surface area contributed by atoms with Crippen molar-refractivity contribution in [2.75, 3.05) is 24.6 Å². The van der Waals surface area contributed by atoms with Gasteiger partial charge in [-0.3, -0.25) is 9.78 Å². The summed E-state index contributed by atoms with van der Waals surface area (Å²) in [6, 6.07) is 18.4. The Balaban J connectivity index is 1.70. The monoisotopic (exact) mass is 486 g/mol. The highest BCUT2D eigenvalue weighted by Crippen LogP contribution is 2.41. The van der Waals surface area contributed by atoms with Crippen molar-refractivity contribution < 1.29 is 14.3 Å². The second-order valence-corrected chi connectivity index (χ2v) is 10.4. The molecular weight excluding hydrogens is 448 g/mol. The molecule has 1 aliphatic rings. The van der Waals surface area contributed by atoms with Crippen LogP contribution in [-0.2, 0) is 22.6 Å². The fourth-order valence-electron chi connectivity index (χ4n) is 4.93. The minimum absolute atomic E-state index is 0.208. The van der Waals surface area contributed by atoms with Crippen molar-refractivity contribution in [1.82, 2.24) is 4.98 Å². The average Bonchev–Trinajstić information content (AvgIpc) is 2.86. The molecule has 1 aliphatic heterocycles. The van der Waals surface area contributed by atoms with Gasteiger partial charge in [0.2, 0.25) is 0 Å². The Hall–Kier alpha value is -3.34. The first-order chi connectivity index (χ1) is 17.3. The summed E-state index contributed by atoms with van der Waals surface area (Å²) in [5.74, 6) is 0.619. The van der Waals surface area contributed by atoms with Gasteiger partial charge in [0, 0.05) is 35.6 Å². The number of piperidine rings is 1. The predicted molar refractivity (Wildman–Crippen MR) is 145 cm³/mol. The summed E-state index contributed by atoms with van der Waals surface area (Å²) < 4.78 is 11.3. The van der Waals surface area contributed by atoms with Gasteiger partial charge in [0.15, 0.2) is 0 Å². The zero-order valence-electron chi connectivity index (χ0n) is 22.3. The molecule has 1 saturated heterocycles. The van der Waals surface area contributed by atoms with Crippen LogP contribution in [0.25, 0.3) is 11.1 Å². The SMILES string of the molecule is CCOC(=O)Cc1c(C)nc(C)c(-c2ccc(OCc3ccccc3)cc2)c1N1CCC(C)(C)CC1. The van der Waals surface area contributed by atoms with Crippen molar-refractivity contribution >= 4 is 11.7 Å². The lowest BCUT2D eigenvalue weighted by atomic mass is 9.82. The van der Waals surface area contributed by atoms with Gasteiger partial charge in [0.25, 0.3) is 0 Å². The molecule has 0 saturated carbocycles. The highest BCUT2D eigenvalue weighted by molar-refractivity contribution is 5.86. The molecule has 1 fully saturated rings. The number of carbonyl (C=O) groups excluding carboxylic acids is 1. The maximum absolute atomic E-state index is 12.6. The first-order valence-electron chi connectivity index (χ1n) is 12.9. The van der Waals surface area contributed by atoms with Gasteiger partial charge in [-0.25, -0.2) is 0 Å². The number of carbonyl (C=O) groups is 1. The Morgan fingerprint density at radius 3 is 2.28 bits per heavy atom. The Kier molecular flexibility index (Phi) is 7.97. The molecule has 0 unspecified atom stereocenters. The highest BCUT2D eigenvalue weighted by Gasteiger charge is 2.30. The summed E-state index contributed by atoms with van der Waals surface area (Å²) in [4.78, 5) is 19.9. The number of aryl methyl sites for hydroxylation is 2. The maximum atomic E-state index is 12.6. The van der Waals surface area contributed by atoms with E-state index in [0.717, 1.165) is 71.0 Å². The summed E-state index contributed by atoms with van der Waals surface area (Å²) in [5, 5.41) is 0.